The number of nitrogens with zero attached hydrogens (tertiary/aromatic N) is 2. The summed E-state index contributed by atoms with van der Waals surface area (Å²) in [6, 6.07) is 16.2. The summed E-state index contributed by atoms with van der Waals surface area (Å²) in [5.74, 6) is 0.132. The Bertz CT molecular complexity index is 1130. The third-order valence-electron chi connectivity index (χ3n) is 8.05. The lowest BCUT2D eigenvalue weighted by molar-refractivity contribution is -0.145. The minimum absolute atomic E-state index is 0.0147. The van der Waals surface area contributed by atoms with Crippen molar-refractivity contribution in [3.63, 3.8) is 0 Å². The summed E-state index contributed by atoms with van der Waals surface area (Å²) in [6.45, 7) is 3.01. The molecule has 2 aromatic carbocycles. The normalized spacial score (nSPS) is 17.6. The molecule has 1 fully saturated rings. The summed E-state index contributed by atoms with van der Waals surface area (Å²) >= 11 is 0. The first-order valence-electron chi connectivity index (χ1n) is 15.2. The van der Waals surface area contributed by atoms with Gasteiger partial charge >= 0.3 is 5.97 Å². The second-order valence-corrected chi connectivity index (χ2v) is 11.5. The molecule has 2 N–H and O–H groups in total. The fourth-order valence-electron chi connectivity index (χ4n) is 5.88. The molecular weight excluding hydrogens is 518 g/mol. The van der Waals surface area contributed by atoms with Gasteiger partial charge in [-0.1, -0.05) is 61.7 Å². The molecule has 2 aromatic rings. The minimum atomic E-state index is -0.968. The predicted molar refractivity (Wildman–Crippen MR) is 158 cm³/mol. The SMILES string of the molecule is O=C(O)CN(CC1CCCCC1)C(=O)CCc1ccc2c(c1)CN(Cc1ccccc1)CC(=O)NCCCCCO2. The molecule has 0 saturated heterocycles. The van der Waals surface area contributed by atoms with E-state index in [1.54, 1.807) is 4.90 Å². The van der Waals surface area contributed by atoms with E-state index in [4.69, 9.17) is 4.74 Å². The first-order valence-corrected chi connectivity index (χ1v) is 15.2. The van der Waals surface area contributed by atoms with E-state index < -0.39 is 5.97 Å². The van der Waals surface area contributed by atoms with Crippen LogP contribution in [-0.4, -0.2) is 65.5 Å². The van der Waals surface area contributed by atoms with Crippen molar-refractivity contribution in [2.24, 2.45) is 5.92 Å². The highest BCUT2D eigenvalue weighted by Crippen LogP contribution is 2.26. The molecule has 0 radical (unpaired) electrons. The summed E-state index contributed by atoms with van der Waals surface area (Å²) in [4.78, 5) is 41.1. The lowest BCUT2D eigenvalue weighted by Crippen LogP contribution is -2.39. The van der Waals surface area contributed by atoms with E-state index in [1.807, 2.05) is 30.3 Å². The molecule has 1 saturated carbocycles. The quantitative estimate of drug-likeness (QED) is 0.455. The van der Waals surface area contributed by atoms with Crippen molar-refractivity contribution in [3.05, 3.63) is 65.2 Å². The monoisotopic (exact) mass is 563 g/mol. The van der Waals surface area contributed by atoms with Crippen molar-refractivity contribution in [2.75, 3.05) is 32.8 Å². The number of ether oxygens (including phenoxy) is 1. The van der Waals surface area contributed by atoms with Gasteiger partial charge < -0.3 is 20.1 Å². The van der Waals surface area contributed by atoms with E-state index in [9.17, 15) is 19.5 Å². The first kappa shape index (κ1) is 30.6. The maximum Gasteiger partial charge on any atom is 0.323 e. The summed E-state index contributed by atoms with van der Waals surface area (Å²) in [5, 5.41) is 12.5. The maximum absolute atomic E-state index is 13.2. The van der Waals surface area contributed by atoms with Crippen molar-refractivity contribution >= 4 is 17.8 Å². The van der Waals surface area contributed by atoms with Crippen LogP contribution in [0.15, 0.2) is 48.5 Å². The van der Waals surface area contributed by atoms with Crippen LogP contribution in [-0.2, 0) is 33.9 Å². The van der Waals surface area contributed by atoms with E-state index in [0.29, 0.717) is 45.1 Å². The van der Waals surface area contributed by atoms with Gasteiger partial charge in [0.1, 0.15) is 12.3 Å². The highest BCUT2D eigenvalue weighted by Gasteiger charge is 2.23. The second-order valence-electron chi connectivity index (χ2n) is 11.5. The van der Waals surface area contributed by atoms with Gasteiger partial charge in [0, 0.05) is 38.2 Å². The number of carboxylic acid groups (broad SMARTS) is 1. The number of rotatable bonds is 9. The number of hydrogen-bond donors (Lipinski definition) is 2. The number of fused-ring (bicyclic) bond motifs is 1. The molecule has 8 nitrogen and oxygen atoms in total. The van der Waals surface area contributed by atoms with Gasteiger partial charge in [-0.25, -0.2) is 0 Å². The van der Waals surface area contributed by atoms with E-state index in [0.717, 1.165) is 67.4 Å². The molecule has 4 rings (SSSR count). The summed E-state index contributed by atoms with van der Waals surface area (Å²) in [5.41, 5.74) is 3.12. The van der Waals surface area contributed by atoms with E-state index in [-0.39, 0.29) is 31.3 Å². The van der Waals surface area contributed by atoms with Crippen LogP contribution in [0.25, 0.3) is 0 Å². The molecule has 222 valence electrons. The Kier molecular flexibility index (Phi) is 12.0. The lowest BCUT2D eigenvalue weighted by Gasteiger charge is -2.29. The second kappa shape index (κ2) is 16.2. The third kappa shape index (κ3) is 10.5. The van der Waals surface area contributed by atoms with Gasteiger partial charge in [-0.3, -0.25) is 19.3 Å². The Hall–Kier alpha value is -3.39. The molecule has 8 heteroatoms. The Morgan fingerprint density at radius 3 is 2.51 bits per heavy atom. The summed E-state index contributed by atoms with van der Waals surface area (Å²) < 4.78 is 6.20. The van der Waals surface area contributed by atoms with Gasteiger partial charge in [-0.2, -0.15) is 0 Å². The lowest BCUT2D eigenvalue weighted by atomic mass is 9.89. The average molecular weight is 564 g/mol. The van der Waals surface area contributed by atoms with Crippen LogP contribution in [0, 0.1) is 5.92 Å². The molecular formula is C33H45N3O5. The Labute approximate surface area is 244 Å². The Morgan fingerprint density at radius 1 is 0.951 bits per heavy atom. The molecule has 0 bridgehead atoms. The number of carbonyl (C=O) groups excluding carboxylic acids is 2. The van der Waals surface area contributed by atoms with Gasteiger partial charge in [0.05, 0.1) is 13.2 Å². The van der Waals surface area contributed by atoms with Crippen molar-refractivity contribution in [1.82, 2.24) is 15.1 Å². The standard InChI is InChI=1S/C33H45N3O5/c37-31-24-35(21-27-10-4-1-5-11-27)23-29-20-26(14-16-30(29)41-19-9-3-8-18-34-31)15-17-32(38)36(25-33(39)40)22-28-12-6-2-7-13-28/h1,4-5,10-11,14,16,20,28H,2-3,6-9,12-13,15,17-19,21-25H2,(H,34,37)(H,39,40). The molecule has 0 atom stereocenters. The molecule has 1 heterocycles. The van der Waals surface area contributed by atoms with Crippen molar-refractivity contribution in [3.8, 4) is 5.75 Å². The van der Waals surface area contributed by atoms with Crippen molar-refractivity contribution < 1.29 is 24.2 Å². The van der Waals surface area contributed by atoms with Gasteiger partial charge in [-0.05, 0) is 61.6 Å². The van der Waals surface area contributed by atoms with Gasteiger partial charge in [0.2, 0.25) is 11.8 Å². The van der Waals surface area contributed by atoms with E-state index in [1.165, 1.54) is 6.42 Å². The number of aliphatic carboxylic acids is 1. The Balaban J connectivity index is 1.48. The maximum atomic E-state index is 13.2. The largest absolute Gasteiger partial charge is 0.493 e. The van der Waals surface area contributed by atoms with Gasteiger partial charge in [0.25, 0.3) is 0 Å². The molecule has 1 aliphatic carbocycles. The van der Waals surface area contributed by atoms with Crippen LogP contribution in [0.1, 0.15) is 74.5 Å². The van der Waals surface area contributed by atoms with Gasteiger partial charge in [0.15, 0.2) is 0 Å². The molecule has 2 amide bonds. The van der Waals surface area contributed by atoms with Crippen LogP contribution < -0.4 is 10.1 Å². The van der Waals surface area contributed by atoms with Crippen LogP contribution in [0.2, 0.25) is 0 Å². The van der Waals surface area contributed by atoms with Crippen LogP contribution >= 0.6 is 0 Å². The van der Waals surface area contributed by atoms with Crippen molar-refractivity contribution in [1.29, 1.82) is 0 Å². The van der Waals surface area contributed by atoms with Gasteiger partial charge in [-0.15, -0.1) is 0 Å². The zero-order valence-electron chi connectivity index (χ0n) is 24.2. The fourth-order valence-corrected chi connectivity index (χ4v) is 5.88. The number of aryl methyl sites for hydroxylation is 1. The average Bonchev–Trinajstić information content (AvgIpc) is 2.97. The molecule has 0 spiro atoms. The predicted octanol–water partition coefficient (Wildman–Crippen LogP) is 4.79. The van der Waals surface area contributed by atoms with E-state index in [2.05, 4.69) is 28.4 Å². The fraction of sp³-hybridized carbons (Fsp3) is 0.545. The molecule has 2 aliphatic rings. The number of nitrogens with one attached hydrogen (secondary N) is 1. The smallest absolute Gasteiger partial charge is 0.323 e. The number of hydrogen-bond acceptors (Lipinski definition) is 5. The molecule has 0 unspecified atom stereocenters. The van der Waals surface area contributed by atoms with E-state index >= 15 is 0 Å². The number of carbonyl (C=O) groups is 3. The summed E-state index contributed by atoms with van der Waals surface area (Å²) in [6.07, 6.45) is 9.25. The summed E-state index contributed by atoms with van der Waals surface area (Å²) in [7, 11) is 0. The highest BCUT2D eigenvalue weighted by molar-refractivity contribution is 5.81. The van der Waals surface area contributed by atoms with Crippen LogP contribution in [0.5, 0.6) is 5.75 Å². The van der Waals surface area contributed by atoms with Crippen molar-refractivity contribution in [2.45, 2.75) is 77.3 Å². The molecule has 1 aliphatic heterocycles. The Morgan fingerprint density at radius 2 is 1.73 bits per heavy atom. The topological polar surface area (TPSA) is 99.2 Å². The number of benzene rings is 2. The molecule has 41 heavy (non-hydrogen) atoms. The van der Waals surface area contributed by atoms with Crippen LogP contribution in [0.3, 0.4) is 0 Å². The van der Waals surface area contributed by atoms with Crippen LogP contribution in [0.4, 0.5) is 0 Å². The molecule has 0 aromatic heterocycles. The number of amides is 2. The zero-order chi connectivity index (χ0) is 28.9. The first-order chi connectivity index (χ1) is 20.0. The third-order valence-corrected chi connectivity index (χ3v) is 8.05. The minimum Gasteiger partial charge on any atom is -0.493 e. The number of carboxylic acids is 1. The highest BCUT2D eigenvalue weighted by atomic mass is 16.5. The zero-order valence-corrected chi connectivity index (χ0v) is 24.2.